The summed E-state index contributed by atoms with van der Waals surface area (Å²) in [5, 5.41) is 9.21. The van der Waals surface area contributed by atoms with Crippen molar-refractivity contribution in [2.24, 2.45) is 0 Å². The molecule has 3 rings (SSSR count). The molecule has 2 nitrogen and oxygen atoms in total. The highest BCUT2D eigenvalue weighted by Gasteiger charge is 2.24. The lowest BCUT2D eigenvalue weighted by atomic mass is 10.0. The topological polar surface area (TPSA) is 23.5 Å². The summed E-state index contributed by atoms with van der Waals surface area (Å²) in [5.41, 5.74) is 4.50. The molecule has 1 aliphatic carbocycles. The van der Waals surface area contributed by atoms with Gasteiger partial charge in [0.15, 0.2) is 0 Å². The van der Waals surface area contributed by atoms with Crippen LogP contribution in [0.3, 0.4) is 0 Å². The molecule has 0 spiro atoms. The maximum absolute atomic E-state index is 9.21. The molecule has 0 unspecified atom stereocenters. The Balaban J connectivity index is 1.70. The van der Waals surface area contributed by atoms with Gasteiger partial charge >= 0.3 is 0 Å². The zero-order chi connectivity index (χ0) is 10.3. The molecule has 1 fully saturated rings. The zero-order valence-corrected chi connectivity index (χ0v) is 8.95. The van der Waals surface area contributed by atoms with Gasteiger partial charge < -0.3 is 5.11 Å². The zero-order valence-electron chi connectivity index (χ0n) is 8.95. The highest BCUT2D eigenvalue weighted by Crippen LogP contribution is 2.24. The molecule has 0 radical (unpaired) electrons. The summed E-state index contributed by atoms with van der Waals surface area (Å²) in [6, 6.07) is 6.88. The van der Waals surface area contributed by atoms with Crippen LogP contribution in [0.25, 0.3) is 0 Å². The van der Waals surface area contributed by atoms with Crippen LogP contribution in [0.4, 0.5) is 0 Å². The summed E-state index contributed by atoms with van der Waals surface area (Å²) in [7, 11) is 0. The van der Waals surface area contributed by atoms with E-state index in [1.54, 1.807) is 11.1 Å². The van der Waals surface area contributed by atoms with E-state index < -0.39 is 0 Å². The second-order valence-corrected chi connectivity index (χ2v) is 4.80. The predicted molar refractivity (Wildman–Crippen MR) is 59.8 cm³/mol. The van der Waals surface area contributed by atoms with E-state index in [0.29, 0.717) is 0 Å². The fourth-order valence-corrected chi connectivity index (χ4v) is 2.65. The molecule has 2 aliphatic rings. The average Bonchev–Trinajstić information content (AvgIpc) is 2.62. The Labute approximate surface area is 90.5 Å². The van der Waals surface area contributed by atoms with Gasteiger partial charge in [0.05, 0.1) is 6.10 Å². The van der Waals surface area contributed by atoms with Crippen molar-refractivity contribution >= 4 is 0 Å². The van der Waals surface area contributed by atoms with Crippen LogP contribution in [0.2, 0.25) is 0 Å². The first-order valence-electron chi connectivity index (χ1n) is 5.82. The van der Waals surface area contributed by atoms with E-state index in [2.05, 4.69) is 23.1 Å². The smallest absolute Gasteiger partial charge is 0.0794 e. The van der Waals surface area contributed by atoms with Gasteiger partial charge in [-0.05, 0) is 36.0 Å². The predicted octanol–water partition coefficient (Wildman–Crippen LogP) is 1.35. The SMILES string of the molecule is OC1CN(Cc2ccc3c(c2)CCC3)C1. The van der Waals surface area contributed by atoms with E-state index >= 15 is 0 Å². The Kier molecular flexibility index (Phi) is 2.26. The van der Waals surface area contributed by atoms with Gasteiger partial charge in [0.1, 0.15) is 0 Å². The number of nitrogens with zero attached hydrogens (tertiary/aromatic N) is 1. The van der Waals surface area contributed by atoms with Crippen LogP contribution in [0.1, 0.15) is 23.1 Å². The molecular formula is C13H17NO. The Morgan fingerprint density at radius 3 is 2.80 bits per heavy atom. The fourth-order valence-electron chi connectivity index (χ4n) is 2.65. The van der Waals surface area contributed by atoms with Gasteiger partial charge in [-0.1, -0.05) is 18.2 Å². The Hall–Kier alpha value is -0.860. The molecule has 0 amide bonds. The molecule has 1 aromatic rings. The number of β-amino-alcohol motifs (C(OH)–C–C–N with tert-alkyl or cyclic N) is 1. The van der Waals surface area contributed by atoms with E-state index in [0.717, 1.165) is 19.6 Å². The number of fused-ring (bicyclic) bond motifs is 1. The Morgan fingerprint density at radius 2 is 2.00 bits per heavy atom. The summed E-state index contributed by atoms with van der Waals surface area (Å²) in [5.74, 6) is 0. The molecule has 1 aliphatic heterocycles. The number of hydrogen-bond acceptors (Lipinski definition) is 2. The maximum atomic E-state index is 9.21. The van der Waals surface area contributed by atoms with Crippen LogP contribution >= 0.6 is 0 Å². The van der Waals surface area contributed by atoms with Crippen LogP contribution in [-0.4, -0.2) is 29.2 Å². The molecule has 0 atom stereocenters. The van der Waals surface area contributed by atoms with E-state index in [-0.39, 0.29) is 6.10 Å². The first-order valence-corrected chi connectivity index (χ1v) is 5.82. The fraction of sp³-hybridized carbons (Fsp3) is 0.538. The third kappa shape index (κ3) is 1.80. The maximum Gasteiger partial charge on any atom is 0.0794 e. The summed E-state index contributed by atoms with van der Waals surface area (Å²) in [4.78, 5) is 2.29. The monoisotopic (exact) mass is 203 g/mol. The highest BCUT2D eigenvalue weighted by atomic mass is 16.3. The van der Waals surface area contributed by atoms with Crippen LogP contribution < -0.4 is 0 Å². The van der Waals surface area contributed by atoms with Crippen molar-refractivity contribution in [2.45, 2.75) is 31.9 Å². The minimum absolute atomic E-state index is 0.0839. The van der Waals surface area contributed by atoms with E-state index in [1.165, 1.54) is 24.8 Å². The van der Waals surface area contributed by atoms with Crippen molar-refractivity contribution in [3.8, 4) is 0 Å². The number of likely N-dealkylation sites (tertiary alicyclic amines) is 1. The summed E-state index contributed by atoms with van der Waals surface area (Å²) < 4.78 is 0. The number of rotatable bonds is 2. The average molecular weight is 203 g/mol. The Morgan fingerprint density at radius 1 is 1.20 bits per heavy atom. The van der Waals surface area contributed by atoms with Crippen LogP contribution in [0.15, 0.2) is 18.2 Å². The van der Waals surface area contributed by atoms with E-state index in [4.69, 9.17) is 0 Å². The Bertz CT molecular complexity index is 369. The van der Waals surface area contributed by atoms with Crippen molar-refractivity contribution in [1.29, 1.82) is 0 Å². The van der Waals surface area contributed by atoms with Crippen molar-refractivity contribution in [2.75, 3.05) is 13.1 Å². The minimum atomic E-state index is -0.0839. The van der Waals surface area contributed by atoms with Gasteiger partial charge in [0.2, 0.25) is 0 Å². The summed E-state index contributed by atoms with van der Waals surface area (Å²) >= 11 is 0. The minimum Gasteiger partial charge on any atom is -0.390 e. The molecule has 0 bridgehead atoms. The van der Waals surface area contributed by atoms with Crippen molar-refractivity contribution in [1.82, 2.24) is 4.90 Å². The number of hydrogen-bond donors (Lipinski definition) is 1. The molecular weight excluding hydrogens is 186 g/mol. The van der Waals surface area contributed by atoms with E-state index in [1.807, 2.05) is 0 Å². The molecule has 15 heavy (non-hydrogen) atoms. The van der Waals surface area contributed by atoms with Gasteiger partial charge in [-0.3, -0.25) is 4.90 Å². The number of aliphatic hydroxyl groups is 1. The van der Waals surface area contributed by atoms with Gasteiger partial charge in [-0.25, -0.2) is 0 Å². The van der Waals surface area contributed by atoms with Crippen LogP contribution in [0.5, 0.6) is 0 Å². The molecule has 0 aromatic heterocycles. The molecule has 1 aromatic carbocycles. The van der Waals surface area contributed by atoms with Gasteiger partial charge in [-0.2, -0.15) is 0 Å². The number of aliphatic hydroxyl groups excluding tert-OH is 1. The molecule has 80 valence electrons. The largest absolute Gasteiger partial charge is 0.390 e. The third-order valence-corrected chi connectivity index (χ3v) is 3.51. The number of benzene rings is 1. The summed E-state index contributed by atoms with van der Waals surface area (Å²) in [6.45, 7) is 2.69. The highest BCUT2D eigenvalue weighted by molar-refractivity contribution is 5.35. The third-order valence-electron chi connectivity index (χ3n) is 3.51. The van der Waals surface area contributed by atoms with Crippen molar-refractivity contribution in [3.63, 3.8) is 0 Å². The second kappa shape index (κ2) is 3.62. The van der Waals surface area contributed by atoms with Gasteiger partial charge in [0, 0.05) is 19.6 Å². The van der Waals surface area contributed by atoms with Gasteiger partial charge in [-0.15, -0.1) is 0 Å². The lowest BCUT2D eigenvalue weighted by molar-refractivity contribution is -0.00287. The number of aryl methyl sites for hydroxylation is 2. The quantitative estimate of drug-likeness (QED) is 0.784. The summed E-state index contributed by atoms with van der Waals surface area (Å²) in [6.07, 6.45) is 3.75. The molecule has 1 N–H and O–H groups in total. The standard InChI is InChI=1S/C13H17NO/c15-13-8-14(9-13)7-10-4-5-11-2-1-3-12(11)6-10/h4-6,13,15H,1-3,7-9H2. The van der Waals surface area contributed by atoms with Crippen molar-refractivity contribution in [3.05, 3.63) is 34.9 Å². The second-order valence-electron chi connectivity index (χ2n) is 4.80. The normalized spacial score (nSPS) is 21.4. The molecule has 1 saturated heterocycles. The molecule has 2 heteroatoms. The van der Waals surface area contributed by atoms with Gasteiger partial charge in [0.25, 0.3) is 0 Å². The molecule has 1 heterocycles. The molecule has 0 saturated carbocycles. The van der Waals surface area contributed by atoms with Crippen LogP contribution in [0, 0.1) is 0 Å². The lowest BCUT2D eigenvalue weighted by Gasteiger charge is -2.35. The first kappa shape index (κ1) is 9.37. The van der Waals surface area contributed by atoms with E-state index in [9.17, 15) is 5.11 Å². The first-order chi connectivity index (χ1) is 7.31. The van der Waals surface area contributed by atoms with Crippen LogP contribution in [-0.2, 0) is 19.4 Å². The lowest BCUT2D eigenvalue weighted by Crippen LogP contribution is -2.49. The van der Waals surface area contributed by atoms with Crippen molar-refractivity contribution < 1.29 is 5.11 Å².